The second-order valence-corrected chi connectivity index (χ2v) is 5.29. The topological polar surface area (TPSA) is 48.4 Å². The molecule has 2 rings (SSSR count). The summed E-state index contributed by atoms with van der Waals surface area (Å²) >= 11 is 0. The van der Waals surface area contributed by atoms with Crippen molar-refractivity contribution in [3.05, 3.63) is 23.9 Å². The number of halogens is 3. The number of β-amino-alcohol motifs (C(OH)–C–C–N with tert-alkyl or cyclic N) is 1. The van der Waals surface area contributed by atoms with Gasteiger partial charge in [-0.05, 0) is 44.0 Å². The number of likely N-dealkylation sites (tertiary alicyclic amines) is 1. The van der Waals surface area contributed by atoms with Crippen LogP contribution in [0, 0.1) is 5.92 Å². The van der Waals surface area contributed by atoms with Crippen molar-refractivity contribution in [2.75, 3.05) is 38.1 Å². The first-order valence-electron chi connectivity index (χ1n) is 7.10. The van der Waals surface area contributed by atoms with Crippen LogP contribution in [0.3, 0.4) is 0 Å². The molecular formula is C14H20F3N3O. The zero-order valence-corrected chi connectivity index (χ0v) is 11.7. The molecule has 21 heavy (non-hydrogen) atoms. The molecule has 1 aliphatic rings. The fraction of sp³-hybridized carbons (Fsp3) is 0.643. The average Bonchev–Trinajstić information content (AvgIpc) is 2.46. The van der Waals surface area contributed by atoms with Crippen LogP contribution in [0.15, 0.2) is 18.3 Å². The Hall–Kier alpha value is -1.34. The van der Waals surface area contributed by atoms with Gasteiger partial charge in [0.2, 0.25) is 0 Å². The van der Waals surface area contributed by atoms with Crippen molar-refractivity contribution < 1.29 is 18.3 Å². The summed E-state index contributed by atoms with van der Waals surface area (Å²) in [7, 11) is 0. The normalized spacial score (nSPS) is 17.9. The Morgan fingerprint density at radius 2 is 2.05 bits per heavy atom. The Kier molecular flexibility index (Phi) is 5.41. The van der Waals surface area contributed by atoms with Gasteiger partial charge in [0.1, 0.15) is 5.82 Å². The molecule has 0 spiro atoms. The van der Waals surface area contributed by atoms with E-state index in [1.165, 1.54) is 12.3 Å². The van der Waals surface area contributed by atoms with Crippen molar-refractivity contribution >= 4 is 5.82 Å². The van der Waals surface area contributed by atoms with Gasteiger partial charge in [0, 0.05) is 19.3 Å². The minimum atomic E-state index is -4.39. The number of aromatic nitrogens is 1. The summed E-state index contributed by atoms with van der Waals surface area (Å²) in [4.78, 5) is 5.96. The van der Waals surface area contributed by atoms with Crippen molar-refractivity contribution in [3.8, 4) is 0 Å². The maximum absolute atomic E-state index is 12.8. The van der Waals surface area contributed by atoms with E-state index in [2.05, 4.69) is 15.2 Å². The summed E-state index contributed by atoms with van der Waals surface area (Å²) < 4.78 is 38.5. The molecule has 0 amide bonds. The number of piperidine rings is 1. The van der Waals surface area contributed by atoms with Crippen LogP contribution in [0.1, 0.15) is 18.4 Å². The monoisotopic (exact) mass is 303 g/mol. The fourth-order valence-corrected chi connectivity index (χ4v) is 2.57. The number of anilines is 1. The van der Waals surface area contributed by atoms with E-state index in [1.54, 1.807) is 0 Å². The Bertz CT molecular complexity index is 445. The lowest BCUT2D eigenvalue weighted by atomic mass is 9.97. The van der Waals surface area contributed by atoms with Crippen LogP contribution in [-0.2, 0) is 6.18 Å². The molecule has 0 aliphatic carbocycles. The van der Waals surface area contributed by atoms with Crippen LogP contribution in [0.25, 0.3) is 0 Å². The standard InChI is InChI=1S/C14H20F3N3O/c15-14(16,17)12-2-1-5-18-13(12)19-10-11-3-6-20(7-4-11)8-9-21/h1-2,5,11,21H,3-4,6-10H2,(H,18,19). The summed E-state index contributed by atoms with van der Waals surface area (Å²) in [5.41, 5.74) is -0.720. The summed E-state index contributed by atoms with van der Waals surface area (Å²) in [6.45, 7) is 3.06. The number of hydrogen-bond acceptors (Lipinski definition) is 4. The van der Waals surface area contributed by atoms with Crippen LogP contribution in [-0.4, -0.2) is 47.8 Å². The van der Waals surface area contributed by atoms with E-state index in [0.717, 1.165) is 32.0 Å². The van der Waals surface area contributed by atoms with Crippen LogP contribution in [0.5, 0.6) is 0 Å². The van der Waals surface area contributed by atoms with Gasteiger partial charge in [0.05, 0.1) is 12.2 Å². The van der Waals surface area contributed by atoms with Crippen LogP contribution in [0.4, 0.5) is 19.0 Å². The molecule has 0 bridgehead atoms. The molecule has 1 saturated heterocycles. The minimum absolute atomic E-state index is 0.0946. The molecule has 2 heterocycles. The third-order valence-electron chi connectivity index (χ3n) is 3.79. The molecule has 0 radical (unpaired) electrons. The van der Waals surface area contributed by atoms with Gasteiger partial charge in [-0.15, -0.1) is 0 Å². The number of rotatable bonds is 5. The van der Waals surface area contributed by atoms with E-state index in [4.69, 9.17) is 5.11 Å². The van der Waals surface area contributed by atoms with Crippen LogP contribution in [0.2, 0.25) is 0 Å². The van der Waals surface area contributed by atoms with Crippen LogP contribution >= 0.6 is 0 Å². The summed E-state index contributed by atoms with van der Waals surface area (Å²) in [5.74, 6) is 0.242. The lowest BCUT2D eigenvalue weighted by Gasteiger charge is -2.31. The van der Waals surface area contributed by atoms with Gasteiger partial charge in [0.15, 0.2) is 0 Å². The molecule has 1 aromatic rings. The third kappa shape index (κ3) is 4.57. The van der Waals surface area contributed by atoms with Gasteiger partial charge in [-0.1, -0.05) is 0 Å². The Morgan fingerprint density at radius 3 is 2.67 bits per heavy atom. The summed E-state index contributed by atoms with van der Waals surface area (Å²) in [5, 5.41) is 11.7. The molecule has 4 nitrogen and oxygen atoms in total. The first-order valence-corrected chi connectivity index (χ1v) is 7.10. The van der Waals surface area contributed by atoms with Gasteiger partial charge in [-0.3, -0.25) is 0 Å². The van der Waals surface area contributed by atoms with Crippen molar-refractivity contribution in [1.82, 2.24) is 9.88 Å². The highest BCUT2D eigenvalue weighted by Crippen LogP contribution is 2.33. The van der Waals surface area contributed by atoms with Gasteiger partial charge in [0.25, 0.3) is 0 Å². The molecule has 1 aromatic heterocycles. The van der Waals surface area contributed by atoms with Gasteiger partial charge < -0.3 is 15.3 Å². The molecule has 118 valence electrons. The number of aliphatic hydroxyl groups excluding tert-OH is 1. The second kappa shape index (κ2) is 7.09. The molecule has 2 N–H and O–H groups in total. The van der Waals surface area contributed by atoms with Crippen molar-refractivity contribution in [1.29, 1.82) is 0 Å². The maximum atomic E-state index is 12.8. The number of alkyl halides is 3. The van der Waals surface area contributed by atoms with E-state index in [1.807, 2.05) is 0 Å². The van der Waals surface area contributed by atoms with E-state index in [-0.39, 0.29) is 12.4 Å². The molecule has 0 unspecified atom stereocenters. The highest BCUT2D eigenvalue weighted by atomic mass is 19.4. The lowest BCUT2D eigenvalue weighted by molar-refractivity contribution is -0.137. The van der Waals surface area contributed by atoms with Crippen molar-refractivity contribution in [3.63, 3.8) is 0 Å². The summed E-state index contributed by atoms with van der Waals surface area (Å²) in [6.07, 6.45) is -1.19. The van der Waals surface area contributed by atoms with E-state index in [0.29, 0.717) is 19.0 Å². The molecule has 0 atom stereocenters. The number of hydrogen-bond donors (Lipinski definition) is 2. The van der Waals surface area contributed by atoms with Crippen molar-refractivity contribution in [2.24, 2.45) is 5.92 Å². The number of pyridine rings is 1. The van der Waals surface area contributed by atoms with Gasteiger partial charge >= 0.3 is 6.18 Å². The molecular weight excluding hydrogens is 283 g/mol. The lowest BCUT2D eigenvalue weighted by Crippen LogP contribution is -2.37. The Balaban J connectivity index is 1.87. The van der Waals surface area contributed by atoms with Crippen molar-refractivity contribution in [2.45, 2.75) is 19.0 Å². The smallest absolute Gasteiger partial charge is 0.395 e. The number of nitrogens with zero attached hydrogens (tertiary/aromatic N) is 2. The first kappa shape index (κ1) is 16.0. The molecule has 7 heteroatoms. The molecule has 0 aromatic carbocycles. The molecule has 1 fully saturated rings. The van der Waals surface area contributed by atoms with E-state index in [9.17, 15) is 13.2 Å². The highest BCUT2D eigenvalue weighted by Gasteiger charge is 2.34. The number of nitrogens with one attached hydrogen (secondary N) is 1. The molecule has 0 saturated carbocycles. The average molecular weight is 303 g/mol. The van der Waals surface area contributed by atoms with E-state index < -0.39 is 11.7 Å². The fourth-order valence-electron chi connectivity index (χ4n) is 2.57. The molecule has 1 aliphatic heterocycles. The van der Waals surface area contributed by atoms with Crippen LogP contribution < -0.4 is 5.32 Å². The van der Waals surface area contributed by atoms with Gasteiger partial charge in [-0.2, -0.15) is 13.2 Å². The largest absolute Gasteiger partial charge is 0.419 e. The zero-order chi connectivity index (χ0) is 15.3. The zero-order valence-electron chi connectivity index (χ0n) is 11.7. The first-order chi connectivity index (χ1) is 10.0. The maximum Gasteiger partial charge on any atom is 0.419 e. The van der Waals surface area contributed by atoms with Gasteiger partial charge in [-0.25, -0.2) is 4.98 Å². The highest BCUT2D eigenvalue weighted by molar-refractivity contribution is 5.45. The minimum Gasteiger partial charge on any atom is -0.395 e. The SMILES string of the molecule is OCCN1CCC(CNc2ncccc2C(F)(F)F)CC1. The predicted molar refractivity (Wildman–Crippen MR) is 74.0 cm³/mol. The predicted octanol–water partition coefficient (Wildman–Crippen LogP) is 2.22. The number of aliphatic hydroxyl groups is 1. The third-order valence-corrected chi connectivity index (χ3v) is 3.79. The van der Waals surface area contributed by atoms with E-state index >= 15 is 0 Å². The second-order valence-electron chi connectivity index (χ2n) is 5.29. The quantitative estimate of drug-likeness (QED) is 0.875. The Morgan fingerprint density at radius 1 is 1.33 bits per heavy atom. The summed E-state index contributed by atoms with van der Waals surface area (Å²) in [6, 6.07) is 2.33. The Labute approximate surface area is 122 Å².